The molecule has 0 spiro atoms. The molecule has 2 unspecified atom stereocenters. The second kappa shape index (κ2) is 6.91. The lowest BCUT2D eigenvalue weighted by Gasteiger charge is -2.29. The van der Waals surface area contributed by atoms with Crippen LogP contribution in [0.5, 0.6) is 5.75 Å². The Morgan fingerprint density at radius 2 is 2.30 bits per heavy atom. The molecule has 2 rings (SSSR count). The van der Waals surface area contributed by atoms with Gasteiger partial charge in [-0.3, -0.25) is 0 Å². The first kappa shape index (κ1) is 15.1. The smallest absolute Gasteiger partial charge is 0.122 e. The van der Waals surface area contributed by atoms with Gasteiger partial charge in [-0.05, 0) is 17.9 Å². The number of hydrogen-bond acceptors (Lipinski definition) is 3. The van der Waals surface area contributed by atoms with E-state index < -0.39 is 0 Å². The van der Waals surface area contributed by atoms with Crippen molar-refractivity contribution >= 4 is 0 Å². The fraction of sp³-hybridized carbons (Fsp3) is 0.529. The van der Waals surface area contributed by atoms with Gasteiger partial charge in [-0.25, -0.2) is 0 Å². The Morgan fingerprint density at radius 1 is 1.50 bits per heavy atom. The predicted octanol–water partition coefficient (Wildman–Crippen LogP) is 2.98. The Kier molecular flexibility index (Phi) is 5.21. The molecule has 20 heavy (non-hydrogen) atoms. The van der Waals surface area contributed by atoms with Gasteiger partial charge in [0, 0.05) is 31.7 Å². The van der Waals surface area contributed by atoms with E-state index in [2.05, 4.69) is 43.1 Å². The molecule has 1 heterocycles. The van der Waals surface area contributed by atoms with E-state index in [-0.39, 0.29) is 5.41 Å². The average Bonchev–Trinajstić information content (AvgIpc) is 2.87. The second-order valence-corrected chi connectivity index (χ2v) is 5.78. The average molecular weight is 275 g/mol. The highest BCUT2D eigenvalue weighted by atomic mass is 16.5. The van der Waals surface area contributed by atoms with E-state index in [1.54, 1.807) is 7.11 Å². The van der Waals surface area contributed by atoms with Gasteiger partial charge in [-0.1, -0.05) is 31.2 Å². The zero-order valence-corrected chi connectivity index (χ0v) is 12.5. The number of fused-ring (bicyclic) bond motifs is 1. The Morgan fingerprint density at radius 3 is 3.05 bits per heavy atom. The van der Waals surface area contributed by atoms with Gasteiger partial charge in [0.25, 0.3) is 0 Å². The Bertz CT molecular complexity index is 446. The molecule has 1 N–H and O–H groups in total. The molecular weight excluding hydrogens is 250 g/mol. The zero-order valence-electron chi connectivity index (χ0n) is 12.5. The van der Waals surface area contributed by atoms with Crippen molar-refractivity contribution in [3.8, 4) is 5.75 Å². The van der Waals surface area contributed by atoms with E-state index in [1.165, 1.54) is 5.56 Å². The molecule has 0 saturated heterocycles. The van der Waals surface area contributed by atoms with Crippen molar-refractivity contribution in [1.82, 2.24) is 5.32 Å². The second-order valence-electron chi connectivity index (χ2n) is 5.78. The molecule has 0 radical (unpaired) electrons. The number of ether oxygens (including phenoxy) is 2. The highest BCUT2D eigenvalue weighted by Gasteiger charge is 2.31. The van der Waals surface area contributed by atoms with Crippen molar-refractivity contribution in [3.05, 3.63) is 42.5 Å². The fourth-order valence-corrected chi connectivity index (χ4v) is 2.74. The molecule has 3 nitrogen and oxygen atoms in total. The Balaban J connectivity index is 1.95. The molecule has 0 saturated carbocycles. The number of hydrogen-bond donors (Lipinski definition) is 1. The first-order valence-electron chi connectivity index (χ1n) is 7.23. The lowest BCUT2D eigenvalue weighted by Crippen LogP contribution is -2.33. The van der Waals surface area contributed by atoms with Gasteiger partial charge < -0.3 is 14.8 Å². The molecule has 3 heteroatoms. The Labute approximate surface area is 122 Å². The van der Waals surface area contributed by atoms with E-state index in [0.717, 1.165) is 38.5 Å². The molecule has 1 aromatic carbocycles. The molecule has 1 aliphatic rings. The Hall–Kier alpha value is -1.32. The number of rotatable bonds is 8. The van der Waals surface area contributed by atoms with Gasteiger partial charge in [0.15, 0.2) is 0 Å². The van der Waals surface area contributed by atoms with Crippen molar-refractivity contribution in [1.29, 1.82) is 0 Å². The third kappa shape index (κ3) is 3.62. The molecular formula is C17H25NO2. The summed E-state index contributed by atoms with van der Waals surface area (Å²) in [7, 11) is 1.72. The first-order chi connectivity index (χ1) is 9.68. The molecule has 0 fully saturated rings. The van der Waals surface area contributed by atoms with Crippen LogP contribution < -0.4 is 10.1 Å². The van der Waals surface area contributed by atoms with Gasteiger partial charge in [0.05, 0.1) is 13.2 Å². The molecule has 1 aromatic rings. The minimum Gasteiger partial charge on any atom is -0.493 e. The maximum atomic E-state index is 5.77. The van der Waals surface area contributed by atoms with Crippen LogP contribution in [-0.4, -0.2) is 33.4 Å². The molecule has 0 amide bonds. The van der Waals surface area contributed by atoms with Crippen LogP contribution >= 0.6 is 0 Å². The van der Waals surface area contributed by atoms with Crippen LogP contribution in [0.3, 0.4) is 0 Å². The van der Waals surface area contributed by atoms with Crippen LogP contribution in [0.15, 0.2) is 36.9 Å². The van der Waals surface area contributed by atoms with Gasteiger partial charge in [0.1, 0.15) is 5.75 Å². The molecule has 110 valence electrons. The number of benzene rings is 1. The number of methoxy groups -OCH3 is 1. The maximum Gasteiger partial charge on any atom is 0.122 e. The largest absolute Gasteiger partial charge is 0.493 e. The van der Waals surface area contributed by atoms with Crippen molar-refractivity contribution in [2.24, 2.45) is 5.41 Å². The van der Waals surface area contributed by atoms with E-state index in [1.807, 2.05) is 6.07 Å². The van der Waals surface area contributed by atoms with Gasteiger partial charge in [-0.2, -0.15) is 0 Å². The fourth-order valence-electron chi connectivity index (χ4n) is 2.74. The van der Waals surface area contributed by atoms with Crippen molar-refractivity contribution in [2.45, 2.75) is 19.3 Å². The summed E-state index contributed by atoms with van der Waals surface area (Å²) in [6, 6.07) is 8.34. The summed E-state index contributed by atoms with van der Waals surface area (Å²) in [5.41, 5.74) is 1.40. The lowest BCUT2D eigenvalue weighted by atomic mass is 9.79. The minimum atomic E-state index is 0.0687. The van der Waals surface area contributed by atoms with Crippen LogP contribution in [0.2, 0.25) is 0 Å². The third-order valence-corrected chi connectivity index (χ3v) is 4.02. The highest BCUT2D eigenvalue weighted by Crippen LogP contribution is 2.40. The standard InChI is InChI=1S/C17H25NO2/c1-4-17(2,13-18-9-10-19-3)11-14-12-20-16-8-6-5-7-15(14)16/h4-8,14,18H,1,9-13H2,2-3H3. The van der Waals surface area contributed by atoms with Gasteiger partial charge in [0.2, 0.25) is 0 Å². The number of nitrogens with one attached hydrogen (secondary N) is 1. The van der Waals surface area contributed by atoms with Gasteiger partial charge >= 0.3 is 0 Å². The maximum absolute atomic E-state index is 5.77. The van der Waals surface area contributed by atoms with Gasteiger partial charge in [-0.15, -0.1) is 6.58 Å². The van der Waals surface area contributed by atoms with E-state index >= 15 is 0 Å². The highest BCUT2D eigenvalue weighted by molar-refractivity contribution is 5.39. The lowest BCUT2D eigenvalue weighted by molar-refractivity contribution is 0.193. The monoisotopic (exact) mass is 275 g/mol. The van der Waals surface area contributed by atoms with Crippen LogP contribution in [0.4, 0.5) is 0 Å². The van der Waals surface area contributed by atoms with Crippen molar-refractivity contribution < 1.29 is 9.47 Å². The molecule has 1 aliphatic heterocycles. The molecule has 0 bridgehead atoms. The predicted molar refractivity (Wildman–Crippen MR) is 82.3 cm³/mol. The van der Waals surface area contributed by atoms with Crippen LogP contribution in [0, 0.1) is 5.41 Å². The van der Waals surface area contributed by atoms with E-state index in [4.69, 9.17) is 9.47 Å². The molecule has 2 atom stereocenters. The van der Waals surface area contributed by atoms with E-state index in [9.17, 15) is 0 Å². The third-order valence-electron chi connectivity index (χ3n) is 4.02. The normalized spacial score (nSPS) is 20.0. The van der Waals surface area contributed by atoms with Crippen LogP contribution in [0.1, 0.15) is 24.8 Å². The summed E-state index contributed by atoms with van der Waals surface area (Å²) < 4.78 is 10.8. The van der Waals surface area contributed by atoms with Crippen LogP contribution in [-0.2, 0) is 4.74 Å². The number of para-hydroxylation sites is 1. The SMILES string of the molecule is C=CC(C)(CNCCOC)CC1COc2ccccc21. The summed E-state index contributed by atoms with van der Waals surface area (Å²) in [6.45, 7) is 9.57. The summed E-state index contributed by atoms with van der Waals surface area (Å²) in [4.78, 5) is 0. The molecule has 0 aromatic heterocycles. The summed E-state index contributed by atoms with van der Waals surface area (Å²) >= 11 is 0. The summed E-state index contributed by atoms with van der Waals surface area (Å²) in [6.07, 6.45) is 3.11. The van der Waals surface area contributed by atoms with Crippen molar-refractivity contribution in [3.63, 3.8) is 0 Å². The molecule has 0 aliphatic carbocycles. The van der Waals surface area contributed by atoms with E-state index in [0.29, 0.717) is 5.92 Å². The minimum absolute atomic E-state index is 0.0687. The first-order valence-corrected chi connectivity index (χ1v) is 7.23. The van der Waals surface area contributed by atoms with Crippen molar-refractivity contribution in [2.75, 3.05) is 33.4 Å². The topological polar surface area (TPSA) is 30.5 Å². The zero-order chi connectivity index (χ0) is 14.4. The quantitative estimate of drug-likeness (QED) is 0.584. The summed E-state index contributed by atoms with van der Waals surface area (Å²) in [5, 5.41) is 3.44. The summed E-state index contributed by atoms with van der Waals surface area (Å²) in [5.74, 6) is 1.50. The van der Waals surface area contributed by atoms with Crippen LogP contribution in [0.25, 0.3) is 0 Å².